The number of likely N-dealkylation sites (tertiary alicyclic amines) is 2. The van der Waals surface area contributed by atoms with E-state index in [1.54, 1.807) is 6.07 Å². The van der Waals surface area contributed by atoms with Crippen molar-refractivity contribution in [3.63, 3.8) is 0 Å². The van der Waals surface area contributed by atoms with Crippen LogP contribution >= 0.6 is 27.5 Å². The molecule has 0 spiro atoms. The fourth-order valence-corrected chi connectivity index (χ4v) is 5.60. The molecule has 2 fully saturated rings. The fraction of sp³-hybridized carbons (Fsp3) is 0.462. The minimum atomic E-state index is -0.0810. The Labute approximate surface area is 209 Å². The van der Waals surface area contributed by atoms with Crippen LogP contribution in [0.4, 0.5) is 0 Å². The quantitative estimate of drug-likeness (QED) is 0.541. The van der Waals surface area contributed by atoms with Crippen molar-refractivity contribution in [2.45, 2.75) is 27.2 Å². The van der Waals surface area contributed by atoms with Crippen LogP contribution in [0.2, 0.25) is 5.02 Å². The normalized spacial score (nSPS) is 20.2. The lowest BCUT2D eigenvalue weighted by molar-refractivity contribution is 0.0772. The molecule has 2 unspecified atom stereocenters. The van der Waals surface area contributed by atoms with E-state index in [9.17, 15) is 9.59 Å². The van der Waals surface area contributed by atoms with Gasteiger partial charge in [0.25, 0.3) is 11.8 Å². The van der Waals surface area contributed by atoms with E-state index in [4.69, 9.17) is 11.6 Å². The molecule has 7 heteroatoms. The Hall–Kier alpha value is -1.89. The van der Waals surface area contributed by atoms with Crippen LogP contribution in [0.5, 0.6) is 0 Å². The van der Waals surface area contributed by atoms with Crippen LogP contribution in [-0.2, 0) is 0 Å². The second kappa shape index (κ2) is 10.2. The van der Waals surface area contributed by atoms with E-state index in [1.165, 1.54) is 0 Å². The summed E-state index contributed by atoms with van der Waals surface area (Å²) < 4.78 is 0.986. The number of hydrogen-bond donors (Lipinski definition) is 1. The Bertz CT molecular complexity index is 1060. The molecule has 5 nitrogen and oxygen atoms in total. The number of carbonyl (C=O) groups excluding carboxylic acids is 2. The van der Waals surface area contributed by atoms with Gasteiger partial charge in [-0.25, -0.2) is 0 Å². The first-order valence-corrected chi connectivity index (χ1v) is 12.7. The number of nitrogens with one attached hydrogen (secondary N) is 1. The molecule has 0 radical (unpaired) electrons. The summed E-state index contributed by atoms with van der Waals surface area (Å²) in [7, 11) is 0. The Morgan fingerprint density at radius 1 is 1.03 bits per heavy atom. The highest BCUT2D eigenvalue weighted by molar-refractivity contribution is 9.10. The molecule has 2 heterocycles. The number of halogens is 2. The van der Waals surface area contributed by atoms with Crippen molar-refractivity contribution in [2.75, 3.05) is 39.3 Å². The zero-order chi connectivity index (χ0) is 23.7. The van der Waals surface area contributed by atoms with E-state index in [0.717, 1.165) is 65.9 Å². The van der Waals surface area contributed by atoms with Crippen molar-refractivity contribution in [3.05, 3.63) is 67.6 Å². The Morgan fingerprint density at radius 3 is 2.36 bits per heavy atom. The monoisotopic (exact) mass is 531 g/mol. The molecule has 0 bridgehead atoms. The van der Waals surface area contributed by atoms with Gasteiger partial charge in [-0.1, -0.05) is 39.7 Å². The molecule has 176 valence electrons. The molecule has 2 aliphatic heterocycles. The number of benzene rings is 2. The minimum absolute atomic E-state index is 0.0810. The smallest absolute Gasteiger partial charge is 0.254 e. The second-order valence-electron chi connectivity index (χ2n) is 9.43. The van der Waals surface area contributed by atoms with E-state index >= 15 is 0 Å². The summed E-state index contributed by atoms with van der Waals surface area (Å²) in [6.07, 6.45) is 0.907. The molecule has 4 rings (SSSR count). The number of carbonyl (C=O) groups is 2. The topological polar surface area (TPSA) is 52.7 Å². The molecule has 2 saturated heterocycles. The first kappa shape index (κ1) is 24.2. The van der Waals surface area contributed by atoms with Gasteiger partial charge in [0.05, 0.1) is 0 Å². The number of rotatable bonds is 6. The van der Waals surface area contributed by atoms with Crippen molar-refractivity contribution in [3.8, 4) is 0 Å². The van der Waals surface area contributed by atoms with E-state index in [2.05, 4.69) is 26.1 Å². The van der Waals surface area contributed by atoms with Gasteiger partial charge in [0, 0.05) is 53.3 Å². The van der Waals surface area contributed by atoms with Gasteiger partial charge in [-0.15, -0.1) is 0 Å². The number of aryl methyl sites for hydroxylation is 2. The average Bonchev–Trinajstić information content (AvgIpc) is 3.35. The molecule has 2 atom stereocenters. The predicted molar refractivity (Wildman–Crippen MR) is 136 cm³/mol. The minimum Gasteiger partial charge on any atom is -0.352 e. The molecule has 2 amide bonds. The third-order valence-corrected chi connectivity index (χ3v) is 8.31. The zero-order valence-electron chi connectivity index (χ0n) is 19.5. The van der Waals surface area contributed by atoms with Crippen LogP contribution < -0.4 is 5.32 Å². The van der Waals surface area contributed by atoms with Crippen LogP contribution in [0.15, 0.2) is 34.8 Å². The summed E-state index contributed by atoms with van der Waals surface area (Å²) in [5.74, 6) is 1.14. The third-order valence-electron chi connectivity index (χ3n) is 7.04. The van der Waals surface area contributed by atoms with Crippen molar-refractivity contribution < 1.29 is 9.59 Å². The summed E-state index contributed by atoms with van der Waals surface area (Å²) in [6.45, 7) is 11.2. The van der Waals surface area contributed by atoms with Crippen LogP contribution in [0.3, 0.4) is 0 Å². The van der Waals surface area contributed by atoms with Gasteiger partial charge in [-0.05, 0) is 80.5 Å². The summed E-state index contributed by atoms with van der Waals surface area (Å²) in [4.78, 5) is 30.1. The van der Waals surface area contributed by atoms with Crippen molar-refractivity contribution in [1.82, 2.24) is 15.1 Å². The maximum Gasteiger partial charge on any atom is 0.254 e. The Morgan fingerprint density at radius 2 is 1.70 bits per heavy atom. The van der Waals surface area contributed by atoms with Crippen LogP contribution in [0.1, 0.15) is 43.8 Å². The van der Waals surface area contributed by atoms with Gasteiger partial charge < -0.3 is 15.1 Å². The van der Waals surface area contributed by atoms with Crippen LogP contribution in [0, 0.1) is 32.6 Å². The standard InChI is InChI=1S/C26H31BrClN3O2/c1-16-5-7-19(11-23(16)28)25(32)29-9-4-10-30-12-20-14-31(15-21(20)13-30)26(33)24-17(2)6-8-22(27)18(24)3/h5-8,11,20-21H,4,9-10,12-15H2,1-3H3,(H,29,32). The molecule has 33 heavy (non-hydrogen) atoms. The van der Waals surface area contributed by atoms with Crippen molar-refractivity contribution in [1.29, 1.82) is 0 Å². The summed E-state index contributed by atoms with van der Waals surface area (Å²) in [5, 5.41) is 3.61. The summed E-state index contributed by atoms with van der Waals surface area (Å²) >= 11 is 9.69. The molecular weight excluding hydrogens is 502 g/mol. The molecule has 2 aromatic carbocycles. The predicted octanol–water partition coefficient (Wildman–Crippen LogP) is 4.85. The molecular formula is C26H31BrClN3O2. The van der Waals surface area contributed by atoms with Gasteiger partial charge in [-0.2, -0.15) is 0 Å². The van der Waals surface area contributed by atoms with E-state index in [0.29, 0.717) is 29.0 Å². The lowest BCUT2D eigenvalue weighted by Gasteiger charge is -2.23. The lowest BCUT2D eigenvalue weighted by Crippen LogP contribution is -2.35. The average molecular weight is 533 g/mol. The van der Waals surface area contributed by atoms with Gasteiger partial charge in [0.15, 0.2) is 0 Å². The van der Waals surface area contributed by atoms with E-state index < -0.39 is 0 Å². The SMILES string of the molecule is Cc1ccc(C(=O)NCCCN2CC3CN(C(=O)c4c(C)ccc(Br)c4C)CC3C2)cc1Cl. The highest BCUT2D eigenvalue weighted by Gasteiger charge is 2.41. The van der Waals surface area contributed by atoms with E-state index in [-0.39, 0.29) is 11.8 Å². The Balaban J connectivity index is 1.22. The third kappa shape index (κ3) is 5.28. The maximum absolute atomic E-state index is 13.2. The molecule has 0 aromatic heterocycles. The maximum atomic E-state index is 13.2. The first-order valence-electron chi connectivity index (χ1n) is 11.6. The Kier molecular flexibility index (Phi) is 7.46. The van der Waals surface area contributed by atoms with Crippen molar-refractivity contribution >= 4 is 39.3 Å². The summed E-state index contributed by atoms with van der Waals surface area (Å²) in [6, 6.07) is 9.42. The van der Waals surface area contributed by atoms with E-state index in [1.807, 2.05) is 49.9 Å². The van der Waals surface area contributed by atoms with Crippen LogP contribution in [-0.4, -0.2) is 60.9 Å². The molecule has 2 aromatic rings. The number of amides is 2. The fourth-order valence-electron chi connectivity index (χ4n) is 5.09. The summed E-state index contributed by atoms with van der Waals surface area (Å²) in [5.41, 5.74) is 4.46. The highest BCUT2D eigenvalue weighted by Crippen LogP contribution is 2.33. The molecule has 0 aliphatic carbocycles. The zero-order valence-corrected chi connectivity index (χ0v) is 21.8. The van der Waals surface area contributed by atoms with Crippen molar-refractivity contribution in [2.24, 2.45) is 11.8 Å². The first-order chi connectivity index (χ1) is 15.7. The van der Waals surface area contributed by atoms with Gasteiger partial charge in [0.1, 0.15) is 0 Å². The number of fused-ring (bicyclic) bond motifs is 1. The lowest BCUT2D eigenvalue weighted by atomic mass is 10.0. The largest absolute Gasteiger partial charge is 0.352 e. The van der Waals surface area contributed by atoms with Crippen LogP contribution in [0.25, 0.3) is 0 Å². The van der Waals surface area contributed by atoms with Gasteiger partial charge >= 0.3 is 0 Å². The number of hydrogen-bond acceptors (Lipinski definition) is 3. The van der Waals surface area contributed by atoms with Gasteiger partial charge in [0.2, 0.25) is 0 Å². The molecule has 0 saturated carbocycles. The second-order valence-corrected chi connectivity index (χ2v) is 10.7. The highest BCUT2D eigenvalue weighted by atomic mass is 79.9. The molecule has 1 N–H and O–H groups in total. The number of nitrogens with zero attached hydrogens (tertiary/aromatic N) is 2. The molecule has 2 aliphatic rings. The van der Waals surface area contributed by atoms with Gasteiger partial charge in [-0.3, -0.25) is 9.59 Å².